The zero-order valence-electron chi connectivity index (χ0n) is 8.79. The third-order valence-electron chi connectivity index (χ3n) is 2.16. The standard InChI is InChI=1S/C9H15NO6/c11-8(12)6-4-2-1-3-5-7(9(13)14)10(15)16/h7H,1-6H2,(H,11,12)(H,13,14). The van der Waals surface area contributed by atoms with Gasteiger partial charge in [0.1, 0.15) is 0 Å². The summed E-state index contributed by atoms with van der Waals surface area (Å²) < 4.78 is 0. The topological polar surface area (TPSA) is 118 Å². The highest BCUT2D eigenvalue weighted by molar-refractivity contribution is 5.71. The fourth-order valence-corrected chi connectivity index (χ4v) is 1.29. The Balaban J connectivity index is 3.60. The van der Waals surface area contributed by atoms with Crippen molar-refractivity contribution in [2.24, 2.45) is 0 Å². The van der Waals surface area contributed by atoms with Crippen molar-refractivity contribution in [3.05, 3.63) is 10.1 Å². The first-order valence-electron chi connectivity index (χ1n) is 5.03. The molecule has 0 amide bonds. The minimum Gasteiger partial charge on any atom is -0.481 e. The van der Waals surface area contributed by atoms with E-state index >= 15 is 0 Å². The molecule has 0 saturated carbocycles. The van der Waals surface area contributed by atoms with Gasteiger partial charge in [-0.25, -0.2) is 4.79 Å². The van der Waals surface area contributed by atoms with Crippen LogP contribution in [0, 0.1) is 10.1 Å². The van der Waals surface area contributed by atoms with E-state index in [-0.39, 0.29) is 12.8 Å². The van der Waals surface area contributed by atoms with Crippen molar-refractivity contribution < 1.29 is 24.7 Å². The van der Waals surface area contributed by atoms with Crippen LogP contribution < -0.4 is 0 Å². The molecule has 0 radical (unpaired) electrons. The number of nitro groups is 1. The third-order valence-corrected chi connectivity index (χ3v) is 2.16. The molecule has 0 rings (SSSR count). The van der Waals surface area contributed by atoms with Gasteiger partial charge >= 0.3 is 18.0 Å². The van der Waals surface area contributed by atoms with Gasteiger partial charge in [-0.15, -0.1) is 0 Å². The number of rotatable bonds is 9. The second-order valence-corrected chi connectivity index (χ2v) is 3.49. The van der Waals surface area contributed by atoms with E-state index in [1.807, 2.05) is 0 Å². The Morgan fingerprint density at radius 3 is 2.12 bits per heavy atom. The summed E-state index contributed by atoms with van der Waals surface area (Å²) in [5, 5.41) is 27.1. The number of carboxylic acids is 2. The molecule has 0 saturated heterocycles. The van der Waals surface area contributed by atoms with E-state index in [2.05, 4.69) is 0 Å². The van der Waals surface area contributed by atoms with Crippen LogP contribution in [0.15, 0.2) is 0 Å². The zero-order chi connectivity index (χ0) is 12.6. The molecule has 0 aliphatic rings. The molecule has 0 aliphatic heterocycles. The second-order valence-electron chi connectivity index (χ2n) is 3.49. The van der Waals surface area contributed by atoms with Gasteiger partial charge in [-0.3, -0.25) is 14.9 Å². The second kappa shape index (κ2) is 7.61. The maximum absolute atomic E-state index is 10.4. The lowest BCUT2D eigenvalue weighted by atomic mass is 10.1. The maximum Gasteiger partial charge on any atom is 0.379 e. The van der Waals surface area contributed by atoms with Crippen LogP contribution in [-0.2, 0) is 9.59 Å². The van der Waals surface area contributed by atoms with Gasteiger partial charge in [0.05, 0.1) is 0 Å². The van der Waals surface area contributed by atoms with Crippen LogP contribution in [0.4, 0.5) is 0 Å². The molecule has 92 valence electrons. The molecule has 1 atom stereocenters. The Morgan fingerprint density at radius 1 is 1.12 bits per heavy atom. The van der Waals surface area contributed by atoms with E-state index in [4.69, 9.17) is 10.2 Å². The van der Waals surface area contributed by atoms with Gasteiger partial charge in [0.25, 0.3) is 0 Å². The Labute approximate surface area is 92.2 Å². The van der Waals surface area contributed by atoms with Gasteiger partial charge in [0, 0.05) is 17.8 Å². The lowest BCUT2D eigenvalue weighted by Gasteiger charge is -2.03. The summed E-state index contributed by atoms with van der Waals surface area (Å²) in [5.74, 6) is -2.29. The van der Waals surface area contributed by atoms with E-state index in [1.165, 1.54) is 0 Å². The molecular weight excluding hydrogens is 218 g/mol. The summed E-state index contributed by atoms with van der Waals surface area (Å²) in [7, 11) is 0. The first-order chi connectivity index (χ1) is 7.45. The number of hydrogen-bond donors (Lipinski definition) is 2. The summed E-state index contributed by atoms with van der Waals surface area (Å²) in [4.78, 5) is 30.1. The molecular formula is C9H15NO6. The maximum atomic E-state index is 10.4. The highest BCUT2D eigenvalue weighted by atomic mass is 16.6. The molecule has 0 spiro atoms. The lowest BCUT2D eigenvalue weighted by molar-refractivity contribution is -0.511. The van der Waals surface area contributed by atoms with E-state index in [1.54, 1.807) is 0 Å². The molecule has 0 aromatic carbocycles. The van der Waals surface area contributed by atoms with Crippen LogP contribution >= 0.6 is 0 Å². The normalized spacial score (nSPS) is 12.0. The predicted octanol–water partition coefficient (Wildman–Crippen LogP) is 1.14. The highest BCUT2D eigenvalue weighted by Crippen LogP contribution is 2.09. The van der Waals surface area contributed by atoms with Crippen LogP contribution in [0.2, 0.25) is 0 Å². The van der Waals surface area contributed by atoms with E-state index in [0.717, 1.165) is 0 Å². The summed E-state index contributed by atoms with van der Waals surface area (Å²) in [6.07, 6.45) is 2.29. The average molecular weight is 233 g/mol. The van der Waals surface area contributed by atoms with Crippen LogP contribution in [0.5, 0.6) is 0 Å². The molecule has 1 unspecified atom stereocenters. The quantitative estimate of drug-likeness (QED) is 0.350. The molecule has 0 aromatic heterocycles. The molecule has 0 aliphatic carbocycles. The minimum absolute atomic E-state index is 0.00456. The third kappa shape index (κ3) is 6.74. The number of carbonyl (C=O) groups is 2. The Hall–Kier alpha value is -1.66. The van der Waals surface area contributed by atoms with Crippen molar-refractivity contribution in [3.63, 3.8) is 0 Å². The molecule has 7 heteroatoms. The van der Waals surface area contributed by atoms with Crippen molar-refractivity contribution in [1.82, 2.24) is 0 Å². The van der Waals surface area contributed by atoms with Crippen molar-refractivity contribution in [3.8, 4) is 0 Å². The Kier molecular flexibility index (Phi) is 6.82. The summed E-state index contributed by atoms with van der Waals surface area (Å²) >= 11 is 0. The van der Waals surface area contributed by atoms with Crippen molar-refractivity contribution in [1.29, 1.82) is 0 Å². The van der Waals surface area contributed by atoms with Gasteiger partial charge in [-0.05, 0) is 12.8 Å². The number of nitrogens with zero attached hydrogens (tertiary/aromatic N) is 1. The fourth-order valence-electron chi connectivity index (χ4n) is 1.29. The van der Waals surface area contributed by atoms with Gasteiger partial charge in [-0.1, -0.05) is 12.8 Å². The first-order valence-corrected chi connectivity index (χ1v) is 5.03. The highest BCUT2D eigenvalue weighted by Gasteiger charge is 2.27. The van der Waals surface area contributed by atoms with Gasteiger partial charge in [0.15, 0.2) is 0 Å². The zero-order valence-corrected chi connectivity index (χ0v) is 8.79. The number of aliphatic carboxylic acids is 2. The van der Waals surface area contributed by atoms with E-state index in [9.17, 15) is 19.7 Å². The molecule has 7 nitrogen and oxygen atoms in total. The van der Waals surface area contributed by atoms with Crippen LogP contribution in [0.1, 0.15) is 38.5 Å². The number of hydrogen-bond acceptors (Lipinski definition) is 4. The van der Waals surface area contributed by atoms with Crippen LogP contribution in [0.25, 0.3) is 0 Å². The summed E-state index contributed by atoms with van der Waals surface area (Å²) in [5.41, 5.74) is 0. The average Bonchev–Trinajstić information content (AvgIpc) is 2.14. The molecule has 0 aromatic rings. The predicted molar refractivity (Wildman–Crippen MR) is 53.8 cm³/mol. The molecule has 0 fully saturated rings. The summed E-state index contributed by atoms with van der Waals surface area (Å²) in [6, 6.07) is -1.54. The van der Waals surface area contributed by atoms with Crippen molar-refractivity contribution in [2.75, 3.05) is 0 Å². The Morgan fingerprint density at radius 2 is 1.69 bits per heavy atom. The summed E-state index contributed by atoms with van der Waals surface area (Å²) in [6.45, 7) is 0. The van der Waals surface area contributed by atoms with E-state index in [0.29, 0.717) is 25.7 Å². The van der Waals surface area contributed by atoms with Gasteiger partial charge < -0.3 is 10.2 Å². The molecule has 16 heavy (non-hydrogen) atoms. The Bertz CT molecular complexity index is 251. The SMILES string of the molecule is O=C(O)CCCCCCC(C(=O)O)[N+](=O)[O-]. The van der Waals surface area contributed by atoms with Gasteiger partial charge in [-0.2, -0.15) is 0 Å². The largest absolute Gasteiger partial charge is 0.481 e. The monoisotopic (exact) mass is 233 g/mol. The lowest BCUT2D eigenvalue weighted by Crippen LogP contribution is -2.28. The van der Waals surface area contributed by atoms with Crippen molar-refractivity contribution >= 4 is 11.9 Å². The van der Waals surface area contributed by atoms with Gasteiger partial charge in [0.2, 0.25) is 0 Å². The van der Waals surface area contributed by atoms with E-state index < -0.39 is 22.9 Å². The van der Waals surface area contributed by atoms with Crippen LogP contribution in [0.3, 0.4) is 0 Å². The fraction of sp³-hybridized carbons (Fsp3) is 0.778. The molecule has 0 heterocycles. The van der Waals surface area contributed by atoms with Crippen LogP contribution in [-0.4, -0.2) is 33.1 Å². The minimum atomic E-state index is -1.54. The van der Waals surface area contributed by atoms with Crippen molar-refractivity contribution in [2.45, 2.75) is 44.6 Å². The smallest absolute Gasteiger partial charge is 0.379 e. The molecule has 0 bridgehead atoms. The number of unbranched alkanes of at least 4 members (excludes halogenated alkanes) is 3. The first kappa shape index (κ1) is 14.3. The molecule has 2 N–H and O–H groups in total. The number of carboxylic acid groups (broad SMARTS) is 2.